The van der Waals surface area contributed by atoms with Gasteiger partial charge in [-0.05, 0) is 63.1 Å². The third-order valence-electron chi connectivity index (χ3n) is 5.28. The number of nitrogens with one attached hydrogen (secondary N) is 1. The highest BCUT2D eigenvalue weighted by Crippen LogP contribution is 2.41. The third-order valence-corrected chi connectivity index (χ3v) is 8.10. The Kier molecular flexibility index (Phi) is 5.93. The molecule has 1 aliphatic rings. The maximum atomic E-state index is 13.1. The molecule has 1 atom stereocenters. The quantitative estimate of drug-likeness (QED) is 0.431. The van der Waals surface area contributed by atoms with Crippen LogP contribution in [0, 0.1) is 12.8 Å². The molecule has 4 nitrogen and oxygen atoms in total. The van der Waals surface area contributed by atoms with E-state index < -0.39 is 0 Å². The second-order valence-corrected chi connectivity index (χ2v) is 10.7. The Balaban J connectivity index is 1.71. The summed E-state index contributed by atoms with van der Waals surface area (Å²) in [5.74, 6) is -0.0940. The Bertz CT molecular complexity index is 1150. The molecule has 0 saturated carbocycles. The molecule has 30 heavy (non-hydrogen) atoms. The van der Waals surface area contributed by atoms with Gasteiger partial charge in [0, 0.05) is 15.0 Å². The number of fused-ring (bicyclic) bond motifs is 2. The number of thiophene rings is 2. The van der Waals surface area contributed by atoms with E-state index in [1.54, 1.807) is 0 Å². The molecule has 0 bridgehead atoms. The van der Waals surface area contributed by atoms with Crippen molar-refractivity contribution in [1.29, 1.82) is 0 Å². The van der Waals surface area contributed by atoms with Gasteiger partial charge in [0.1, 0.15) is 9.88 Å². The first kappa shape index (κ1) is 21.3. The second-order valence-electron chi connectivity index (χ2n) is 8.21. The highest BCUT2D eigenvalue weighted by atomic mass is 35.5. The summed E-state index contributed by atoms with van der Waals surface area (Å²) in [6.07, 6.45) is 2.55. The number of halogens is 1. The minimum atomic E-state index is -0.370. The van der Waals surface area contributed by atoms with Crippen LogP contribution in [0.4, 0.5) is 5.00 Å². The maximum Gasteiger partial charge on any atom is 0.341 e. The van der Waals surface area contributed by atoms with E-state index in [9.17, 15) is 9.59 Å². The maximum absolute atomic E-state index is 13.1. The topological polar surface area (TPSA) is 55.4 Å². The Labute approximate surface area is 189 Å². The average molecular weight is 462 g/mol. The van der Waals surface area contributed by atoms with Crippen LogP contribution in [0.5, 0.6) is 0 Å². The minimum Gasteiger partial charge on any atom is -0.459 e. The van der Waals surface area contributed by atoms with Crippen LogP contribution in [0.25, 0.3) is 10.1 Å². The van der Waals surface area contributed by atoms with Gasteiger partial charge in [-0.25, -0.2) is 4.79 Å². The number of rotatable bonds is 4. The number of anilines is 1. The number of carbonyl (C=O) groups excluding carboxylic acids is 2. The van der Waals surface area contributed by atoms with Crippen molar-refractivity contribution in [1.82, 2.24) is 0 Å². The lowest BCUT2D eigenvalue weighted by Crippen LogP contribution is -2.18. The van der Waals surface area contributed by atoms with Crippen molar-refractivity contribution in [3.63, 3.8) is 0 Å². The zero-order valence-corrected chi connectivity index (χ0v) is 19.8. The van der Waals surface area contributed by atoms with Crippen LogP contribution < -0.4 is 5.32 Å². The number of ether oxygens (including phenoxy) is 1. The van der Waals surface area contributed by atoms with E-state index in [0.29, 0.717) is 26.4 Å². The molecule has 3 aromatic rings. The lowest BCUT2D eigenvalue weighted by atomic mass is 9.88. The molecule has 0 spiro atoms. The molecular weight excluding hydrogens is 438 g/mol. The summed E-state index contributed by atoms with van der Waals surface area (Å²) in [6, 6.07) is 5.95. The smallest absolute Gasteiger partial charge is 0.341 e. The van der Waals surface area contributed by atoms with E-state index in [2.05, 4.69) is 12.2 Å². The summed E-state index contributed by atoms with van der Waals surface area (Å²) in [5, 5.41) is 4.86. The van der Waals surface area contributed by atoms with Crippen molar-refractivity contribution in [2.24, 2.45) is 5.92 Å². The van der Waals surface area contributed by atoms with Gasteiger partial charge in [-0.15, -0.1) is 22.7 Å². The molecule has 1 aromatic carbocycles. The van der Waals surface area contributed by atoms with Crippen molar-refractivity contribution >= 4 is 61.2 Å². The predicted octanol–water partition coefficient (Wildman–Crippen LogP) is 6.87. The normalized spacial score (nSPS) is 16.0. The molecule has 0 unspecified atom stereocenters. The van der Waals surface area contributed by atoms with Crippen LogP contribution in [0.3, 0.4) is 0 Å². The zero-order chi connectivity index (χ0) is 21.6. The number of aryl methyl sites for hydroxylation is 1. The average Bonchev–Trinajstić information content (AvgIpc) is 3.17. The summed E-state index contributed by atoms with van der Waals surface area (Å²) >= 11 is 9.38. The van der Waals surface area contributed by atoms with Gasteiger partial charge in [-0.3, -0.25) is 4.79 Å². The minimum absolute atomic E-state index is 0.223. The third kappa shape index (κ3) is 4.01. The number of benzene rings is 1. The standard InChI is InChI=1S/C23H24ClNO3S2/c1-11(2)28-23(27)18-14-7-5-12(3)9-16(14)30-22(18)25-21(26)20-19(24)15-8-6-13(4)10-17(15)29-20/h6,8,10-12H,5,7,9H2,1-4H3,(H,25,26)/t12-/m1/s1. The van der Waals surface area contributed by atoms with Crippen LogP contribution in [0.1, 0.15) is 63.2 Å². The Morgan fingerprint density at radius 3 is 2.77 bits per heavy atom. The largest absolute Gasteiger partial charge is 0.459 e. The molecule has 1 aliphatic carbocycles. The molecule has 4 rings (SSSR count). The van der Waals surface area contributed by atoms with Crippen molar-refractivity contribution < 1.29 is 14.3 Å². The molecule has 0 fully saturated rings. The van der Waals surface area contributed by atoms with Crippen LogP contribution in [-0.4, -0.2) is 18.0 Å². The van der Waals surface area contributed by atoms with E-state index in [4.69, 9.17) is 16.3 Å². The number of hydrogen-bond acceptors (Lipinski definition) is 5. The molecule has 0 saturated heterocycles. The fraction of sp³-hybridized carbons (Fsp3) is 0.391. The Morgan fingerprint density at radius 2 is 2.03 bits per heavy atom. The lowest BCUT2D eigenvalue weighted by Gasteiger charge is -2.18. The van der Waals surface area contributed by atoms with Crippen molar-refractivity contribution in [3.05, 3.63) is 49.7 Å². The van der Waals surface area contributed by atoms with Gasteiger partial charge in [-0.2, -0.15) is 0 Å². The first-order chi connectivity index (χ1) is 14.2. The molecule has 2 heterocycles. The predicted molar refractivity (Wildman–Crippen MR) is 126 cm³/mol. The first-order valence-corrected chi connectivity index (χ1v) is 12.1. The van der Waals surface area contributed by atoms with Gasteiger partial charge in [0.25, 0.3) is 5.91 Å². The van der Waals surface area contributed by atoms with Gasteiger partial charge in [-0.1, -0.05) is 30.7 Å². The highest BCUT2D eigenvalue weighted by molar-refractivity contribution is 7.22. The number of hydrogen-bond donors (Lipinski definition) is 1. The summed E-state index contributed by atoms with van der Waals surface area (Å²) in [5.41, 5.74) is 2.65. The zero-order valence-electron chi connectivity index (χ0n) is 17.4. The molecule has 1 amide bonds. The van der Waals surface area contributed by atoms with Gasteiger partial charge in [0.05, 0.1) is 16.7 Å². The summed E-state index contributed by atoms with van der Waals surface area (Å²) < 4.78 is 6.47. The number of esters is 1. The lowest BCUT2D eigenvalue weighted by molar-refractivity contribution is 0.0378. The molecule has 7 heteroatoms. The van der Waals surface area contributed by atoms with Gasteiger partial charge < -0.3 is 10.1 Å². The molecule has 158 valence electrons. The van der Waals surface area contributed by atoms with Crippen LogP contribution in [0.2, 0.25) is 5.02 Å². The molecule has 2 aromatic heterocycles. The van der Waals surface area contributed by atoms with Gasteiger partial charge in [0.15, 0.2) is 0 Å². The molecular formula is C23H24ClNO3S2. The van der Waals surface area contributed by atoms with Crippen molar-refractivity contribution in [3.8, 4) is 0 Å². The Morgan fingerprint density at radius 1 is 1.27 bits per heavy atom. The van der Waals surface area contributed by atoms with Crippen molar-refractivity contribution in [2.45, 2.75) is 53.1 Å². The monoisotopic (exact) mass is 461 g/mol. The highest BCUT2D eigenvalue weighted by Gasteiger charge is 2.30. The molecule has 0 aliphatic heterocycles. The van der Waals surface area contributed by atoms with Crippen LogP contribution in [-0.2, 0) is 17.6 Å². The van der Waals surface area contributed by atoms with E-state index in [-0.39, 0.29) is 18.0 Å². The number of carbonyl (C=O) groups is 2. The SMILES string of the molecule is Cc1ccc2c(Cl)c(C(=O)Nc3sc4c(c3C(=O)OC(C)C)CC[C@@H](C)C4)sc2c1. The second kappa shape index (κ2) is 8.33. The fourth-order valence-electron chi connectivity index (χ4n) is 3.81. The van der Waals surface area contributed by atoms with E-state index in [0.717, 1.165) is 45.4 Å². The van der Waals surface area contributed by atoms with Crippen molar-refractivity contribution in [2.75, 3.05) is 5.32 Å². The van der Waals surface area contributed by atoms with E-state index >= 15 is 0 Å². The fourth-order valence-corrected chi connectivity index (χ4v) is 6.71. The Hall–Kier alpha value is -1.89. The summed E-state index contributed by atoms with van der Waals surface area (Å²) in [4.78, 5) is 27.6. The van der Waals surface area contributed by atoms with Gasteiger partial charge in [0.2, 0.25) is 0 Å². The number of amides is 1. The molecule has 0 radical (unpaired) electrons. The summed E-state index contributed by atoms with van der Waals surface area (Å²) in [6.45, 7) is 7.88. The van der Waals surface area contributed by atoms with E-state index in [1.807, 2.05) is 39.0 Å². The summed E-state index contributed by atoms with van der Waals surface area (Å²) in [7, 11) is 0. The van der Waals surface area contributed by atoms with Crippen LogP contribution >= 0.6 is 34.3 Å². The van der Waals surface area contributed by atoms with E-state index in [1.165, 1.54) is 22.7 Å². The van der Waals surface area contributed by atoms with Gasteiger partial charge >= 0.3 is 5.97 Å². The molecule has 1 N–H and O–H groups in total. The first-order valence-electron chi connectivity index (χ1n) is 10.1. The van der Waals surface area contributed by atoms with Crippen LogP contribution in [0.15, 0.2) is 18.2 Å².